The Morgan fingerprint density at radius 2 is 2.17 bits per heavy atom. The second kappa shape index (κ2) is 5.53. The van der Waals surface area contributed by atoms with Crippen LogP contribution in [0.4, 0.5) is 0 Å². The first-order valence-corrected chi connectivity index (χ1v) is 6.33. The molecule has 1 rings (SSSR count). The van der Waals surface area contributed by atoms with Crippen LogP contribution in [0.5, 0.6) is 0 Å². The van der Waals surface area contributed by atoms with E-state index in [9.17, 15) is 4.79 Å². The Morgan fingerprint density at radius 1 is 1.56 bits per heavy atom. The van der Waals surface area contributed by atoms with Gasteiger partial charge in [-0.15, -0.1) is 0 Å². The molecule has 0 radical (unpaired) electrons. The molecule has 0 saturated carbocycles. The first kappa shape index (κ1) is 14.7. The van der Waals surface area contributed by atoms with Crippen LogP contribution in [-0.2, 0) is 6.54 Å². The lowest BCUT2D eigenvalue weighted by molar-refractivity contribution is 0.399. The lowest BCUT2D eigenvalue weighted by atomic mass is 9.91. The van der Waals surface area contributed by atoms with Crippen molar-refractivity contribution in [1.82, 2.24) is 9.55 Å². The summed E-state index contributed by atoms with van der Waals surface area (Å²) >= 11 is 5.81. The van der Waals surface area contributed by atoms with Crippen molar-refractivity contribution in [2.24, 2.45) is 5.41 Å². The van der Waals surface area contributed by atoms with Crippen LogP contribution in [-0.4, -0.2) is 9.55 Å². The van der Waals surface area contributed by atoms with Gasteiger partial charge >= 0.3 is 0 Å². The van der Waals surface area contributed by atoms with Crippen LogP contribution < -0.4 is 5.56 Å². The van der Waals surface area contributed by atoms with Gasteiger partial charge in [0.05, 0.1) is 11.5 Å². The van der Waals surface area contributed by atoms with Crippen LogP contribution in [0.15, 0.2) is 10.9 Å². The van der Waals surface area contributed by atoms with E-state index in [1.165, 1.54) is 6.07 Å². The quantitative estimate of drug-likeness (QED) is 0.788. The van der Waals surface area contributed by atoms with E-state index in [1.807, 2.05) is 27.7 Å². The molecule has 0 bridgehead atoms. The molecule has 0 amide bonds. The maximum atomic E-state index is 11.9. The predicted octanol–water partition coefficient (Wildman–Crippen LogP) is 2.96. The molecule has 0 saturated heterocycles. The summed E-state index contributed by atoms with van der Waals surface area (Å²) in [7, 11) is 0. The number of nitrogens with zero attached hydrogens (tertiary/aromatic N) is 3. The van der Waals surface area contributed by atoms with E-state index in [1.54, 1.807) is 4.57 Å². The van der Waals surface area contributed by atoms with Gasteiger partial charge in [0.1, 0.15) is 11.0 Å². The normalized spacial score (nSPS) is 11.6. The summed E-state index contributed by atoms with van der Waals surface area (Å²) in [5.41, 5.74) is -0.611. The highest BCUT2D eigenvalue weighted by Gasteiger charge is 2.19. The van der Waals surface area contributed by atoms with E-state index in [4.69, 9.17) is 16.9 Å². The minimum atomic E-state index is -0.451. The van der Waals surface area contributed by atoms with Crippen molar-refractivity contribution in [1.29, 1.82) is 5.26 Å². The van der Waals surface area contributed by atoms with Crippen LogP contribution >= 0.6 is 11.6 Å². The summed E-state index contributed by atoms with van der Waals surface area (Å²) < 4.78 is 1.61. The molecule has 1 aromatic heterocycles. The average Bonchev–Trinajstić information content (AvgIpc) is 2.26. The molecule has 1 heterocycles. The summed E-state index contributed by atoms with van der Waals surface area (Å²) in [6.45, 7) is 8.12. The Kier molecular flexibility index (Phi) is 4.53. The Hall–Kier alpha value is -1.34. The van der Waals surface area contributed by atoms with Crippen molar-refractivity contribution in [3.05, 3.63) is 27.4 Å². The molecule has 0 atom stereocenters. The zero-order chi connectivity index (χ0) is 13.9. The number of rotatable bonds is 4. The van der Waals surface area contributed by atoms with E-state index >= 15 is 0 Å². The number of aromatic nitrogens is 2. The predicted molar refractivity (Wildman–Crippen MR) is 71.6 cm³/mol. The highest BCUT2D eigenvalue weighted by molar-refractivity contribution is 6.29. The molecule has 0 aliphatic carbocycles. The maximum absolute atomic E-state index is 11.9. The molecule has 98 valence electrons. The van der Waals surface area contributed by atoms with E-state index < -0.39 is 5.41 Å². The molecular weight excluding hydrogens is 250 g/mol. The molecule has 4 nitrogen and oxygen atoms in total. The Labute approximate surface area is 112 Å². The van der Waals surface area contributed by atoms with Gasteiger partial charge in [-0.05, 0) is 20.3 Å². The molecule has 0 unspecified atom stereocenters. The largest absolute Gasteiger partial charge is 0.296 e. The van der Waals surface area contributed by atoms with Crippen molar-refractivity contribution in [3.8, 4) is 6.07 Å². The minimum absolute atomic E-state index is 0.113. The van der Waals surface area contributed by atoms with Crippen LogP contribution in [0, 0.1) is 16.7 Å². The summed E-state index contributed by atoms with van der Waals surface area (Å²) in [5.74, 6) is 0.780. The molecule has 1 aromatic rings. The minimum Gasteiger partial charge on any atom is -0.296 e. The smallest absolute Gasteiger partial charge is 0.254 e. The first-order valence-electron chi connectivity index (χ1n) is 5.95. The summed E-state index contributed by atoms with van der Waals surface area (Å²) in [6, 6.07) is 3.54. The Morgan fingerprint density at radius 3 is 2.67 bits per heavy atom. The zero-order valence-corrected chi connectivity index (χ0v) is 12.0. The van der Waals surface area contributed by atoms with Crippen LogP contribution in [0.3, 0.4) is 0 Å². The van der Waals surface area contributed by atoms with Gasteiger partial charge in [-0.3, -0.25) is 9.36 Å². The summed E-state index contributed by atoms with van der Waals surface area (Å²) in [6.07, 6.45) is 0.604. The van der Waals surface area contributed by atoms with E-state index in [-0.39, 0.29) is 16.6 Å². The molecule has 0 aliphatic heterocycles. The van der Waals surface area contributed by atoms with Gasteiger partial charge < -0.3 is 0 Å². The molecular formula is C13H18ClN3O. The monoisotopic (exact) mass is 267 g/mol. The lowest BCUT2D eigenvalue weighted by Crippen LogP contribution is -2.27. The van der Waals surface area contributed by atoms with E-state index in [2.05, 4.69) is 11.1 Å². The summed E-state index contributed by atoms with van der Waals surface area (Å²) in [4.78, 5) is 16.1. The second-order valence-corrected chi connectivity index (χ2v) is 5.71. The fourth-order valence-corrected chi connectivity index (χ4v) is 1.79. The van der Waals surface area contributed by atoms with Gasteiger partial charge in [0, 0.05) is 18.5 Å². The second-order valence-electron chi connectivity index (χ2n) is 5.33. The molecule has 5 heteroatoms. The van der Waals surface area contributed by atoms with Gasteiger partial charge in [0.15, 0.2) is 0 Å². The van der Waals surface area contributed by atoms with Crippen LogP contribution in [0.1, 0.15) is 45.9 Å². The fraction of sp³-hybridized carbons (Fsp3) is 0.615. The molecule has 18 heavy (non-hydrogen) atoms. The number of nitriles is 1. The van der Waals surface area contributed by atoms with Crippen molar-refractivity contribution in [3.63, 3.8) is 0 Å². The van der Waals surface area contributed by atoms with Crippen LogP contribution in [0.2, 0.25) is 5.15 Å². The van der Waals surface area contributed by atoms with Gasteiger partial charge in [-0.1, -0.05) is 25.4 Å². The molecule has 0 N–H and O–H groups in total. The SMILES string of the molecule is CC(C)c1nc(Cl)cc(=O)n1CCC(C)(C)C#N. The van der Waals surface area contributed by atoms with Crippen molar-refractivity contribution in [2.75, 3.05) is 0 Å². The third kappa shape index (κ3) is 3.58. The average molecular weight is 268 g/mol. The van der Waals surface area contributed by atoms with Crippen LogP contribution in [0.25, 0.3) is 0 Å². The van der Waals surface area contributed by atoms with Gasteiger partial charge in [0.2, 0.25) is 0 Å². The molecule has 0 aliphatic rings. The number of halogens is 1. The van der Waals surface area contributed by atoms with E-state index in [0.717, 1.165) is 0 Å². The highest BCUT2D eigenvalue weighted by Crippen LogP contribution is 2.21. The third-order valence-corrected chi connectivity index (χ3v) is 2.98. The lowest BCUT2D eigenvalue weighted by Gasteiger charge is -2.19. The van der Waals surface area contributed by atoms with E-state index in [0.29, 0.717) is 18.8 Å². The van der Waals surface area contributed by atoms with Gasteiger partial charge in [-0.2, -0.15) is 5.26 Å². The van der Waals surface area contributed by atoms with Gasteiger partial charge in [0.25, 0.3) is 5.56 Å². The molecule has 0 spiro atoms. The first-order chi connectivity index (χ1) is 8.26. The Bertz CT molecular complexity index is 526. The van der Waals surface area contributed by atoms with Crippen molar-refractivity contribution in [2.45, 2.75) is 46.6 Å². The summed E-state index contributed by atoms with van der Waals surface area (Å²) in [5, 5.41) is 9.21. The van der Waals surface area contributed by atoms with Crippen molar-refractivity contribution < 1.29 is 0 Å². The standard InChI is InChI=1S/C13H18ClN3O/c1-9(2)12-16-10(14)7-11(18)17(12)6-5-13(3,4)8-15/h7,9H,5-6H2,1-4H3. The Balaban J connectivity index is 3.10. The molecule has 0 aromatic carbocycles. The van der Waals surface area contributed by atoms with Crippen molar-refractivity contribution >= 4 is 11.6 Å². The number of hydrogen-bond donors (Lipinski definition) is 0. The number of hydrogen-bond acceptors (Lipinski definition) is 3. The highest BCUT2D eigenvalue weighted by atomic mass is 35.5. The fourth-order valence-electron chi connectivity index (χ4n) is 1.61. The third-order valence-electron chi connectivity index (χ3n) is 2.79. The molecule has 0 fully saturated rings. The maximum Gasteiger partial charge on any atom is 0.254 e. The zero-order valence-electron chi connectivity index (χ0n) is 11.2. The van der Waals surface area contributed by atoms with Gasteiger partial charge in [-0.25, -0.2) is 4.98 Å². The topological polar surface area (TPSA) is 58.7 Å².